The molecule has 0 aromatic heterocycles. The Morgan fingerprint density at radius 1 is 1.21 bits per heavy atom. The Balaban J connectivity index is 0.000000193. The molecule has 2 aliphatic rings. The minimum atomic E-state index is -0.902. The molecule has 1 unspecified atom stereocenters. The van der Waals surface area contributed by atoms with Crippen LogP contribution in [0.4, 0.5) is 10.1 Å². The molecule has 5 nitrogen and oxygen atoms in total. The van der Waals surface area contributed by atoms with Gasteiger partial charge < -0.3 is 5.32 Å². The van der Waals surface area contributed by atoms with Gasteiger partial charge in [-0.15, -0.1) is 0 Å². The number of carbonyl (C=O) groups is 1. The van der Waals surface area contributed by atoms with E-state index < -0.39 is 11.2 Å². The Kier molecular flexibility index (Phi) is 10.5. The number of aryl methyl sites for hydroxylation is 1. The standard InChI is InChI=1S/C8H8FNO.C5H10.C4H10N2OS/c1-6-4-7(10-5-11)2-3-8(6)9;1-2-4-5-3-1;1-6-4-2-3-5-8(6)7/h2-5H,1H3,(H,10,11);1-5H2;5H,2-4H2,1H3. The summed E-state index contributed by atoms with van der Waals surface area (Å²) in [6, 6.07) is 4.40. The van der Waals surface area contributed by atoms with Crippen molar-refractivity contribution in [2.45, 2.75) is 45.4 Å². The van der Waals surface area contributed by atoms with E-state index >= 15 is 0 Å². The van der Waals surface area contributed by atoms with Crippen LogP contribution in [0.5, 0.6) is 0 Å². The summed E-state index contributed by atoms with van der Waals surface area (Å²) >= 11 is -0.902. The third-order valence-corrected chi connectivity index (χ3v) is 4.99. The van der Waals surface area contributed by atoms with E-state index in [0.717, 1.165) is 19.5 Å². The Morgan fingerprint density at radius 3 is 2.25 bits per heavy atom. The first-order valence-corrected chi connectivity index (χ1v) is 9.48. The van der Waals surface area contributed by atoms with Crippen LogP contribution in [0.3, 0.4) is 0 Å². The molecule has 1 saturated heterocycles. The van der Waals surface area contributed by atoms with Crippen molar-refractivity contribution in [3.05, 3.63) is 29.6 Å². The highest BCUT2D eigenvalue weighted by atomic mass is 32.2. The topological polar surface area (TPSA) is 61.4 Å². The van der Waals surface area contributed by atoms with Crippen molar-refractivity contribution in [2.75, 3.05) is 25.5 Å². The van der Waals surface area contributed by atoms with E-state index in [2.05, 4.69) is 10.0 Å². The molecule has 1 aliphatic heterocycles. The fourth-order valence-corrected chi connectivity index (χ4v) is 3.17. The molecule has 1 amide bonds. The number of carbonyl (C=O) groups excluding carboxylic acids is 1. The van der Waals surface area contributed by atoms with E-state index in [1.165, 1.54) is 44.2 Å². The third-order valence-electron chi connectivity index (χ3n) is 3.79. The first-order valence-electron chi connectivity index (χ1n) is 8.37. The predicted octanol–water partition coefficient (Wildman–Crippen LogP) is 3.14. The largest absolute Gasteiger partial charge is 0.329 e. The highest BCUT2D eigenvalue weighted by Crippen LogP contribution is 2.15. The van der Waals surface area contributed by atoms with E-state index in [0.29, 0.717) is 17.7 Å². The van der Waals surface area contributed by atoms with Gasteiger partial charge in [0.25, 0.3) is 0 Å². The van der Waals surface area contributed by atoms with Crippen LogP contribution in [0, 0.1) is 12.7 Å². The van der Waals surface area contributed by atoms with Crippen LogP contribution in [0.1, 0.15) is 44.1 Å². The smallest absolute Gasteiger partial charge is 0.211 e. The van der Waals surface area contributed by atoms with Gasteiger partial charge in [-0.3, -0.25) is 4.79 Å². The molecule has 0 bridgehead atoms. The maximum atomic E-state index is 12.6. The minimum absolute atomic E-state index is 0.263. The molecule has 1 aromatic carbocycles. The number of amides is 1. The summed E-state index contributed by atoms with van der Waals surface area (Å²) in [6.45, 7) is 3.47. The molecule has 1 saturated carbocycles. The van der Waals surface area contributed by atoms with E-state index in [1.807, 2.05) is 7.05 Å². The second-order valence-electron chi connectivity index (χ2n) is 5.84. The number of benzene rings is 1. The summed E-state index contributed by atoms with van der Waals surface area (Å²) < 4.78 is 28.0. The van der Waals surface area contributed by atoms with E-state index in [1.54, 1.807) is 17.3 Å². The fourth-order valence-electron chi connectivity index (χ4n) is 2.34. The molecular formula is C17H28FN3O2S. The Hall–Kier alpha value is -1.31. The summed E-state index contributed by atoms with van der Waals surface area (Å²) in [4.78, 5) is 9.97. The molecule has 1 aliphatic carbocycles. The van der Waals surface area contributed by atoms with Crippen molar-refractivity contribution < 1.29 is 13.4 Å². The van der Waals surface area contributed by atoms with Crippen LogP contribution < -0.4 is 10.0 Å². The van der Waals surface area contributed by atoms with Crippen LogP contribution in [-0.2, 0) is 16.0 Å². The third kappa shape index (κ3) is 8.52. The van der Waals surface area contributed by atoms with Gasteiger partial charge in [0, 0.05) is 25.8 Å². The van der Waals surface area contributed by atoms with E-state index in [9.17, 15) is 13.4 Å². The van der Waals surface area contributed by atoms with Crippen LogP contribution in [0.25, 0.3) is 0 Å². The number of hydrogen-bond donors (Lipinski definition) is 2. The molecule has 1 atom stereocenters. The summed E-state index contributed by atoms with van der Waals surface area (Å²) in [5.41, 5.74) is 1.13. The van der Waals surface area contributed by atoms with Crippen LogP contribution in [-0.4, -0.2) is 35.1 Å². The van der Waals surface area contributed by atoms with Crippen molar-refractivity contribution in [3.8, 4) is 0 Å². The number of nitrogens with zero attached hydrogens (tertiary/aromatic N) is 1. The molecule has 24 heavy (non-hydrogen) atoms. The molecule has 2 N–H and O–H groups in total. The van der Waals surface area contributed by atoms with Gasteiger partial charge in [-0.05, 0) is 37.1 Å². The average Bonchev–Trinajstić information content (AvgIpc) is 3.15. The maximum Gasteiger partial charge on any atom is 0.211 e. The van der Waals surface area contributed by atoms with Crippen LogP contribution >= 0.6 is 0 Å². The van der Waals surface area contributed by atoms with E-state index in [-0.39, 0.29) is 5.82 Å². The van der Waals surface area contributed by atoms with Gasteiger partial charge in [-0.1, -0.05) is 32.1 Å². The lowest BCUT2D eigenvalue weighted by molar-refractivity contribution is -0.105. The highest BCUT2D eigenvalue weighted by molar-refractivity contribution is 7.80. The van der Waals surface area contributed by atoms with Crippen LogP contribution in [0.2, 0.25) is 0 Å². The summed E-state index contributed by atoms with van der Waals surface area (Å²) in [7, 11) is 1.85. The second kappa shape index (κ2) is 12.1. The van der Waals surface area contributed by atoms with Gasteiger partial charge in [0.1, 0.15) is 5.82 Å². The fraction of sp³-hybridized carbons (Fsp3) is 0.588. The van der Waals surface area contributed by atoms with Gasteiger partial charge >= 0.3 is 0 Å². The SMILES string of the molecule is C1CCCC1.CN1CCCNS1=O.Cc1cc(NC=O)ccc1F. The van der Waals surface area contributed by atoms with Crippen molar-refractivity contribution >= 4 is 23.3 Å². The zero-order chi connectivity index (χ0) is 17.8. The zero-order valence-corrected chi connectivity index (χ0v) is 15.3. The predicted molar refractivity (Wildman–Crippen MR) is 97.3 cm³/mol. The lowest BCUT2D eigenvalue weighted by atomic mass is 10.2. The molecule has 0 spiro atoms. The van der Waals surface area contributed by atoms with Crippen molar-refractivity contribution in [1.82, 2.24) is 9.03 Å². The molecule has 0 radical (unpaired) electrons. The quantitative estimate of drug-likeness (QED) is 0.799. The molecule has 136 valence electrons. The van der Waals surface area contributed by atoms with Gasteiger partial charge in [0.15, 0.2) is 11.2 Å². The minimum Gasteiger partial charge on any atom is -0.329 e. The Bertz CT molecular complexity index is 517. The number of rotatable bonds is 2. The monoisotopic (exact) mass is 357 g/mol. The van der Waals surface area contributed by atoms with Gasteiger partial charge in [0.05, 0.1) is 0 Å². The second-order valence-corrected chi connectivity index (χ2v) is 7.25. The normalized spacial score (nSPS) is 20.2. The van der Waals surface area contributed by atoms with Gasteiger partial charge in [-0.2, -0.15) is 0 Å². The molecule has 3 rings (SSSR count). The average molecular weight is 357 g/mol. The van der Waals surface area contributed by atoms with Gasteiger partial charge in [0.2, 0.25) is 6.41 Å². The molecular weight excluding hydrogens is 329 g/mol. The van der Waals surface area contributed by atoms with Crippen LogP contribution in [0.15, 0.2) is 18.2 Å². The first-order chi connectivity index (χ1) is 11.5. The number of hydrogen-bond acceptors (Lipinski definition) is 2. The van der Waals surface area contributed by atoms with Gasteiger partial charge in [-0.25, -0.2) is 17.6 Å². The highest BCUT2D eigenvalue weighted by Gasteiger charge is 2.10. The number of anilines is 1. The lowest BCUT2D eigenvalue weighted by Crippen LogP contribution is -2.39. The van der Waals surface area contributed by atoms with Crippen molar-refractivity contribution in [1.29, 1.82) is 0 Å². The zero-order valence-electron chi connectivity index (χ0n) is 14.5. The Morgan fingerprint density at radius 2 is 1.83 bits per heavy atom. The number of nitrogens with one attached hydrogen (secondary N) is 2. The van der Waals surface area contributed by atoms with Crippen molar-refractivity contribution in [2.24, 2.45) is 0 Å². The number of halogens is 1. The summed E-state index contributed by atoms with van der Waals surface area (Å²) in [5.74, 6) is -0.263. The van der Waals surface area contributed by atoms with Crippen molar-refractivity contribution in [3.63, 3.8) is 0 Å². The lowest BCUT2D eigenvalue weighted by Gasteiger charge is -2.20. The molecule has 7 heteroatoms. The maximum absolute atomic E-state index is 12.6. The Labute approximate surface area is 146 Å². The molecule has 1 heterocycles. The molecule has 1 aromatic rings. The summed E-state index contributed by atoms with van der Waals surface area (Å²) in [6.07, 6.45) is 9.16. The summed E-state index contributed by atoms with van der Waals surface area (Å²) in [5, 5.41) is 2.43. The molecule has 2 fully saturated rings. The first kappa shape index (κ1) is 20.7. The van der Waals surface area contributed by atoms with E-state index in [4.69, 9.17) is 0 Å².